The molecular formula is C32H42FN7O5. The van der Waals surface area contributed by atoms with Gasteiger partial charge in [-0.3, -0.25) is 14.6 Å². The second kappa shape index (κ2) is 14.1. The first kappa shape index (κ1) is 33.4. The van der Waals surface area contributed by atoms with Crippen LogP contribution in [0.25, 0.3) is 11.4 Å². The van der Waals surface area contributed by atoms with E-state index < -0.39 is 11.7 Å². The summed E-state index contributed by atoms with van der Waals surface area (Å²) in [6.07, 6.45) is -0.495. The smallest absolute Gasteiger partial charge is 0.410 e. The molecule has 3 aromatic rings. The lowest BCUT2D eigenvalue weighted by molar-refractivity contribution is -0.151. The highest BCUT2D eigenvalue weighted by molar-refractivity contribution is 5.87. The van der Waals surface area contributed by atoms with Crippen LogP contribution in [0.4, 0.5) is 14.9 Å². The molecule has 0 saturated carbocycles. The number of anilines is 1. The van der Waals surface area contributed by atoms with Crippen molar-refractivity contribution in [2.24, 2.45) is 0 Å². The van der Waals surface area contributed by atoms with Crippen molar-refractivity contribution in [2.75, 3.05) is 45.1 Å². The number of hydrogen-bond donors (Lipinski definition) is 1. The summed E-state index contributed by atoms with van der Waals surface area (Å²) in [6.45, 7) is 12.0. The highest BCUT2D eigenvalue weighted by Crippen LogP contribution is 2.25. The van der Waals surface area contributed by atoms with E-state index in [2.05, 4.69) is 15.5 Å². The fraction of sp³-hybridized carbons (Fsp3) is 0.469. The van der Waals surface area contributed by atoms with Crippen molar-refractivity contribution < 1.29 is 28.0 Å². The third-order valence-corrected chi connectivity index (χ3v) is 7.46. The average Bonchev–Trinajstić information content (AvgIpc) is 3.60. The van der Waals surface area contributed by atoms with Crippen LogP contribution in [0.15, 0.2) is 40.9 Å². The zero-order valence-corrected chi connectivity index (χ0v) is 27.0. The Morgan fingerprint density at radius 1 is 1.02 bits per heavy atom. The molecule has 1 aliphatic rings. The summed E-state index contributed by atoms with van der Waals surface area (Å²) < 4.78 is 24.4. The fourth-order valence-corrected chi connectivity index (χ4v) is 4.87. The largest absolute Gasteiger partial charge is 0.444 e. The first-order valence-electron chi connectivity index (χ1n) is 14.9. The molecular weight excluding hydrogens is 581 g/mol. The standard InChI is InChI=1S/C32H42FN7O5/c1-8-38(31(43)44-32(4,5)6)13-14-39(20-29(42)37(7)40-18-24-11-12-26(33)15-25(24)19-40)28(41)17-34-27-16-23(10-9-21(27)2)30-35-22(3)45-36-30/h9-12,15-16,34H,8,13-14,17-20H2,1-7H3. The van der Waals surface area contributed by atoms with Gasteiger partial charge in [0.05, 0.1) is 6.54 Å². The molecule has 0 radical (unpaired) electrons. The Labute approximate surface area is 263 Å². The second-order valence-corrected chi connectivity index (χ2v) is 12.0. The lowest BCUT2D eigenvalue weighted by atomic mass is 10.1. The van der Waals surface area contributed by atoms with Crippen molar-refractivity contribution in [1.29, 1.82) is 0 Å². The Hall–Kier alpha value is -4.52. The van der Waals surface area contributed by atoms with Gasteiger partial charge in [0.25, 0.3) is 5.91 Å². The molecule has 0 fully saturated rings. The molecule has 3 amide bonds. The molecule has 0 bridgehead atoms. The summed E-state index contributed by atoms with van der Waals surface area (Å²) in [5, 5.41) is 10.4. The van der Waals surface area contributed by atoms with Gasteiger partial charge in [0.15, 0.2) is 0 Å². The number of aromatic nitrogens is 2. The number of carbonyl (C=O) groups excluding carboxylic acids is 3. The summed E-state index contributed by atoms with van der Waals surface area (Å²) in [4.78, 5) is 47.1. The van der Waals surface area contributed by atoms with Crippen molar-refractivity contribution in [3.63, 3.8) is 0 Å². The minimum absolute atomic E-state index is 0.0977. The molecule has 1 aromatic heterocycles. The molecule has 0 spiro atoms. The van der Waals surface area contributed by atoms with Crippen LogP contribution in [-0.2, 0) is 27.4 Å². The van der Waals surface area contributed by atoms with Crippen LogP contribution in [0.2, 0.25) is 0 Å². The predicted octanol–water partition coefficient (Wildman–Crippen LogP) is 4.38. The summed E-state index contributed by atoms with van der Waals surface area (Å²) in [5.74, 6) is -0.0946. The minimum Gasteiger partial charge on any atom is -0.444 e. The number of hydrogen-bond acceptors (Lipinski definition) is 9. The van der Waals surface area contributed by atoms with Gasteiger partial charge in [-0.05, 0) is 69.5 Å². The molecule has 1 aliphatic heterocycles. The van der Waals surface area contributed by atoms with E-state index >= 15 is 0 Å². The molecule has 0 saturated heterocycles. The molecule has 242 valence electrons. The molecule has 0 unspecified atom stereocenters. The monoisotopic (exact) mass is 623 g/mol. The quantitative estimate of drug-likeness (QED) is 0.331. The Kier molecular flexibility index (Phi) is 10.4. The first-order chi connectivity index (χ1) is 21.2. The highest BCUT2D eigenvalue weighted by atomic mass is 19.1. The summed E-state index contributed by atoms with van der Waals surface area (Å²) in [6, 6.07) is 10.2. The van der Waals surface area contributed by atoms with Crippen molar-refractivity contribution in [3.8, 4) is 11.4 Å². The Morgan fingerprint density at radius 3 is 2.40 bits per heavy atom. The number of benzene rings is 2. The van der Waals surface area contributed by atoms with Gasteiger partial charge in [-0.15, -0.1) is 0 Å². The third-order valence-electron chi connectivity index (χ3n) is 7.46. The number of likely N-dealkylation sites (N-methyl/N-ethyl adjacent to an activating group) is 2. The van der Waals surface area contributed by atoms with Crippen LogP contribution in [0, 0.1) is 19.7 Å². The van der Waals surface area contributed by atoms with Crippen molar-refractivity contribution >= 4 is 23.6 Å². The van der Waals surface area contributed by atoms with Crippen LogP contribution < -0.4 is 5.32 Å². The molecule has 45 heavy (non-hydrogen) atoms. The van der Waals surface area contributed by atoms with Gasteiger partial charge in [0, 0.05) is 57.9 Å². The SMILES string of the molecule is CCN(CCN(CC(=O)N(C)N1Cc2ccc(F)cc2C1)C(=O)CNc1cc(-c2noc(C)n2)ccc1C)C(=O)OC(C)(C)C. The van der Waals surface area contributed by atoms with E-state index in [1.807, 2.05) is 32.0 Å². The number of hydrazine groups is 1. The van der Waals surface area contributed by atoms with E-state index in [4.69, 9.17) is 9.26 Å². The maximum absolute atomic E-state index is 13.8. The van der Waals surface area contributed by atoms with E-state index in [0.29, 0.717) is 37.0 Å². The van der Waals surface area contributed by atoms with Gasteiger partial charge in [-0.1, -0.05) is 23.4 Å². The number of fused-ring (bicyclic) bond motifs is 1. The highest BCUT2D eigenvalue weighted by Gasteiger charge is 2.29. The third kappa shape index (κ3) is 8.78. The van der Waals surface area contributed by atoms with E-state index in [-0.39, 0.29) is 43.8 Å². The van der Waals surface area contributed by atoms with Crippen LogP contribution >= 0.6 is 0 Å². The van der Waals surface area contributed by atoms with Gasteiger partial charge in [-0.2, -0.15) is 4.98 Å². The topological polar surface area (TPSA) is 124 Å². The van der Waals surface area contributed by atoms with Gasteiger partial charge in [0.2, 0.25) is 17.6 Å². The van der Waals surface area contributed by atoms with Crippen molar-refractivity contribution in [2.45, 2.75) is 60.2 Å². The van der Waals surface area contributed by atoms with Gasteiger partial charge < -0.3 is 24.4 Å². The van der Waals surface area contributed by atoms with E-state index in [9.17, 15) is 18.8 Å². The molecule has 1 N–H and O–H groups in total. The Morgan fingerprint density at radius 2 is 1.73 bits per heavy atom. The second-order valence-electron chi connectivity index (χ2n) is 12.0. The number of nitrogens with zero attached hydrogens (tertiary/aromatic N) is 6. The molecule has 2 heterocycles. The number of nitrogens with one attached hydrogen (secondary N) is 1. The maximum atomic E-state index is 13.8. The number of aryl methyl sites for hydroxylation is 2. The van der Waals surface area contributed by atoms with Crippen molar-refractivity contribution in [3.05, 3.63) is 64.8 Å². The Bertz CT molecular complexity index is 1540. The minimum atomic E-state index is -0.675. The summed E-state index contributed by atoms with van der Waals surface area (Å²) in [7, 11) is 1.64. The first-order valence-corrected chi connectivity index (χ1v) is 14.9. The van der Waals surface area contributed by atoms with Gasteiger partial charge >= 0.3 is 6.09 Å². The molecule has 2 aromatic carbocycles. The van der Waals surface area contributed by atoms with Crippen LogP contribution in [0.3, 0.4) is 0 Å². The normalized spacial score (nSPS) is 12.9. The number of ether oxygens (including phenoxy) is 1. The molecule has 4 rings (SSSR count). The molecule has 12 nitrogen and oxygen atoms in total. The average molecular weight is 624 g/mol. The molecule has 0 atom stereocenters. The van der Waals surface area contributed by atoms with Gasteiger partial charge in [-0.25, -0.2) is 14.2 Å². The van der Waals surface area contributed by atoms with E-state index in [0.717, 1.165) is 22.3 Å². The lowest BCUT2D eigenvalue weighted by Gasteiger charge is -2.32. The number of rotatable bonds is 11. The van der Waals surface area contributed by atoms with Crippen LogP contribution in [0.5, 0.6) is 0 Å². The number of carbonyl (C=O) groups is 3. The van der Waals surface area contributed by atoms with Crippen LogP contribution in [0.1, 0.15) is 50.3 Å². The number of amides is 3. The summed E-state index contributed by atoms with van der Waals surface area (Å²) >= 11 is 0. The zero-order chi connectivity index (χ0) is 32.9. The molecule has 0 aliphatic carbocycles. The lowest BCUT2D eigenvalue weighted by Crippen LogP contribution is -2.50. The molecule has 13 heteroatoms. The maximum Gasteiger partial charge on any atom is 0.410 e. The fourth-order valence-electron chi connectivity index (χ4n) is 4.87. The van der Waals surface area contributed by atoms with E-state index in [1.165, 1.54) is 26.9 Å². The van der Waals surface area contributed by atoms with Gasteiger partial charge in [0.1, 0.15) is 18.0 Å². The van der Waals surface area contributed by atoms with E-state index in [1.54, 1.807) is 45.8 Å². The predicted molar refractivity (Wildman–Crippen MR) is 166 cm³/mol. The zero-order valence-electron chi connectivity index (χ0n) is 27.0. The Balaban J connectivity index is 1.47. The summed E-state index contributed by atoms with van der Waals surface area (Å²) in [5.41, 5.74) is 3.42. The number of halogens is 1. The van der Waals surface area contributed by atoms with Crippen LogP contribution in [-0.4, -0.2) is 93.2 Å². The van der Waals surface area contributed by atoms with Crippen molar-refractivity contribution in [1.82, 2.24) is 30.0 Å².